The summed E-state index contributed by atoms with van der Waals surface area (Å²) in [6.45, 7) is 0.0194. The van der Waals surface area contributed by atoms with E-state index in [-0.39, 0.29) is 18.4 Å². The van der Waals surface area contributed by atoms with Crippen LogP contribution in [0, 0.1) is 5.92 Å². The minimum atomic E-state index is -0.460. The number of rotatable bonds is 4. The molecule has 1 aromatic heterocycles. The summed E-state index contributed by atoms with van der Waals surface area (Å²) in [5, 5.41) is 10.3. The Bertz CT molecular complexity index is 512. The molecule has 0 aromatic carbocycles. The predicted molar refractivity (Wildman–Crippen MR) is 68.1 cm³/mol. The van der Waals surface area contributed by atoms with E-state index < -0.39 is 5.91 Å². The average Bonchev–Trinajstić information content (AvgIpc) is 3.04. The molecule has 19 heavy (non-hydrogen) atoms. The van der Waals surface area contributed by atoms with Crippen molar-refractivity contribution < 1.29 is 9.59 Å². The minimum Gasteiger partial charge on any atom is -0.368 e. The number of nitrogens with two attached hydrogens (primary N) is 1. The molecule has 2 amide bonds. The molecule has 1 aromatic rings. The van der Waals surface area contributed by atoms with Crippen LogP contribution in [0.15, 0.2) is 12.4 Å². The molecule has 7 nitrogen and oxygen atoms in total. The lowest BCUT2D eigenvalue weighted by Gasteiger charge is -2.18. The molecule has 3 rings (SSSR count). The Morgan fingerprint density at radius 2 is 2.37 bits per heavy atom. The van der Waals surface area contributed by atoms with Crippen LogP contribution >= 0.6 is 0 Å². The highest BCUT2D eigenvalue weighted by atomic mass is 16.2. The van der Waals surface area contributed by atoms with E-state index in [1.807, 2.05) is 0 Å². The standard InChI is InChI=1S/C12H17N5O2/c13-11(18)6-17-5-8(4-14-17)16-12(19)9-3-7-1-2-10(9)15-7/h4-5,7,9-10,15H,1-3,6H2,(H2,13,18)(H,16,19). The lowest BCUT2D eigenvalue weighted by Crippen LogP contribution is -2.32. The molecule has 2 saturated heterocycles. The van der Waals surface area contributed by atoms with E-state index in [9.17, 15) is 9.59 Å². The topological polar surface area (TPSA) is 102 Å². The molecular weight excluding hydrogens is 246 g/mol. The fraction of sp³-hybridized carbons (Fsp3) is 0.583. The summed E-state index contributed by atoms with van der Waals surface area (Å²) in [5.74, 6) is -0.394. The van der Waals surface area contributed by atoms with Gasteiger partial charge in [0.05, 0.1) is 17.8 Å². The Morgan fingerprint density at radius 1 is 1.53 bits per heavy atom. The molecule has 3 heterocycles. The third-order valence-corrected chi connectivity index (χ3v) is 3.86. The molecule has 2 bridgehead atoms. The maximum absolute atomic E-state index is 12.2. The van der Waals surface area contributed by atoms with Gasteiger partial charge in [-0.15, -0.1) is 0 Å². The highest BCUT2D eigenvalue weighted by Gasteiger charge is 2.42. The Hall–Kier alpha value is -1.89. The van der Waals surface area contributed by atoms with Gasteiger partial charge in [0.25, 0.3) is 0 Å². The van der Waals surface area contributed by atoms with Crippen molar-refractivity contribution >= 4 is 17.5 Å². The fourth-order valence-corrected chi connectivity index (χ4v) is 3.02. The van der Waals surface area contributed by atoms with Gasteiger partial charge in [-0.05, 0) is 19.3 Å². The van der Waals surface area contributed by atoms with E-state index in [1.54, 1.807) is 6.20 Å². The molecule has 2 aliphatic heterocycles. The average molecular weight is 263 g/mol. The number of carbonyl (C=O) groups is 2. The van der Waals surface area contributed by atoms with Crippen molar-refractivity contribution in [2.24, 2.45) is 11.7 Å². The van der Waals surface area contributed by atoms with E-state index in [2.05, 4.69) is 15.7 Å². The fourth-order valence-electron chi connectivity index (χ4n) is 3.02. The molecule has 2 aliphatic rings. The predicted octanol–water partition coefficient (Wildman–Crippen LogP) is -0.553. The second kappa shape index (κ2) is 4.65. The first kappa shape index (κ1) is 12.2. The molecule has 0 aliphatic carbocycles. The van der Waals surface area contributed by atoms with Crippen molar-refractivity contribution in [3.8, 4) is 0 Å². The van der Waals surface area contributed by atoms with Crippen molar-refractivity contribution in [3.05, 3.63) is 12.4 Å². The van der Waals surface area contributed by atoms with Gasteiger partial charge in [0.2, 0.25) is 11.8 Å². The molecule has 4 N–H and O–H groups in total. The number of hydrogen-bond acceptors (Lipinski definition) is 4. The minimum absolute atomic E-state index is 0.0194. The molecule has 3 atom stereocenters. The third-order valence-electron chi connectivity index (χ3n) is 3.86. The van der Waals surface area contributed by atoms with Crippen LogP contribution in [0.4, 0.5) is 5.69 Å². The molecule has 102 valence electrons. The molecule has 0 saturated carbocycles. The monoisotopic (exact) mass is 263 g/mol. The number of anilines is 1. The van der Waals surface area contributed by atoms with E-state index in [1.165, 1.54) is 17.3 Å². The summed E-state index contributed by atoms with van der Waals surface area (Å²) >= 11 is 0. The van der Waals surface area contributed by atoms with Crippen molar-refractivity contribution in [2.45, 2.75) is 37.9 Å². The van der Waals surface area contributed by atoms with Crippen LogP contribution in [-0.2, 0) is 16.1 Å². The normalized spacial score (nSPS) is 28.5. The van der Waals surface area contributed by atoms with Crippen molar-refractivity contribution in [1.82, 2.24) is 15.1 Å². The van der Waals surface area contributed by atoms with Crippen LogP contribution in [0.25, 0.3) is 0 Å². The van der Waals surface area contributed by atoms with Gasteiger partial charge in [0.15, 0.2) is 0 Å². The summed E-state index contributed by atoms with van der Waals surface area (Å²) in [4.78, 5) is 22.9. The largest absolute Gasteiger partial charge is 0.368 e. The van der Waals surface area contributed by atoms with Gasteiger partial charge in [0.1, 0.15) is 6.54 Å². The first-order chi connectivity index (χ1) is 9.11. The molecule has 0 spiro atoms. The number of amides is 2. The zero-order chi connectivity index (χ0) is 13.4. The molecule has 0 radical (unpaired) electrons. The van der Waals surface area contributed by atoms with Crippen molar-refractivity contribution in [3.63, 3.8) is 0 Å². The van der Waals surface area contributed by atoms with Crippen LogP contribution in [-0.4, -0.2) is 33.7 Å². The maximum atomic E-state index is 12.2. The van der Waals surface area contributed by atoms with E-state index in [0.717, 1.165) is 12.8 Å². The van der Waals surface area contributed by atoms with Gasteiger partial charge in [-0.3, -0.25) is 14.3 Å². The van der Waals surface area contributed by atoms with E-state index in [4.69, 9.17) is 5.73 Å². The van der Waals surface area contributed by atoms with Crippen LogP contribution in [0.5, 0.6) is 0 Å². The van der Waals surface area contributed by atoms with Gasteiger partial charge >= 0.3 is 0 Å². The lowest BCUT2D eigenvalue weighted by atomic mass is 9.88. The second-order valence-electron chi connectivity index (χ2n) is 5.27. The van der Waals surface area contributed by atoms with Gasteiger partial charge in [-0.25, -0.2) is 0 Å². The third kappa shape index (κ3) is 2.46. The summed E-state index contributed by atoms with van der Waals surface area (Å²) in [7, 11) is 0. The lowest BCUT2D eigenvalue weighted by molar-refractivity contribution is -0.120. The van der Waals surface area contributed by atoms with E-state index >= 15 is 0 Å². The number of primary amides is 1. The summed E-state index contributed by atoms with van der Waals surface area (Å²) in [6, 6.07) is 0.809. The zero-order valence-electron chi connectivity index (χ0n) is 10.5. The Kier molecular flexibility index (Phi) is 2.98. The first-order valence-corrected chi connectivity index (χ1v) is 6.49. The van der Waals surface area contributed by atoms with Crippen LogP contribution in [0.3, 0.4) is 0 Å². The Labute approximate surface area is 110 Å². The highest BCUT2D eigenvalue weighted by Crippen LogP contribution is 2.33. The van der Waals surface area contributed by atoms with Crippen molar-refractivity contribution in [1.29, 1.82) is 0 Å². The molecule has 2 fully saturated rings. The number of carbonyl (C=O) groups excluding carboxylic acids is 2. The number of hydrogen-bond donors (Lipinski definition) is 3. The zero-order valence-corrected chi connectivity index (χ0v) is 10.5. The first-order valence-electron chi connectivity index (χ1n) is 6.49. The molecular formula is C12H17N5O2. The quantitative estimate of drug-likeness (QED) is 0.678. The number of nitrogens with zero attached hydrogens (tertiary/aromatic N) is 2. The van der Waals surface area contributed by atoms with Gasteiger partial charge in [-0.2, -0.15) is 5.10 Å². The maximum Gasteiger partial charge on any atom is 0.239 e. The Morgan fingerprint density at radius 3 is 3.00 bits per heavy atom. The van der Waals surface area contributed by atoms with Gasteiger partial charge < -0.3 is 16.4 Å². The molecule has 7 heteroatoms. The summed E-state index contributed by atoms with van der Waals surface area (Å²) in [6.07, 6.45) is 6.30. The molecule has 3 unspecified atom stereocenters. The van der Waals surface area contributed by atoms with Crippen LogP contribution < -0.4 is 16.4 Å². The number of aromatic nitrogens is 2. The Balaban J connectivity index is 1.60. The van der Waals surface area contributed by atoms with E-state index in [0.29, 0.717) is 17.8 Å². The summed E-state index contributed by atoms with van der Waals surface area (Å²) in [5.41, 5.74) is 5.69. The van der Waals surface area contributed by atoms with Crippen LogP contribution in [0.1, 0.15) is 19.3 Å². The van der Waals surface area contributed by atoms with Gasteiger partial charge in [-0.1, -0.05) is 0 Å². The van der Waals surface area contributed by atoms with Crippen LogP contribution in [0.2, 0.25) is 0 Å². The number of fused-ring (bicyclic) bond motifs is 2. The van der Waals surface area contributed by atoms with Crippen molar-refractivity contribution in [2.75, 3.05) is 5.32 Å². The number of nitrogens with one attached hydrogen (secondary N) is 2. The smallest absolute Gasteiger partial charge is 0.239 e. The highest BCUT2D eigenvalue weighted by molar-refractivity contribution is 5.93. The summed E-state index contributed by atoms with van der Waals surface area (Å²) < 4.78 is 1.41. The SMILES string of the molecule is NC(=O)Cn1cc(NC(=O)C2CC3CCC2N3)cn1. The second-order valence-corrected chi connectivity index (χ2v) is 5.27. The van der Waals surface area contributed by atoms with Gasteiger partial charge in [0, 0.05) is 18.3 Å².